The van der Waals surface area contributed by atoms with Gasteiger partial charge in [-0.2, -0.15) is 5.10 Å². The Labute approximate surface area is 159 Å². The van der Waals surface area contributed by atoms with Crippen molar-refractivity contribution >= 4 is 23.2 Å². The number of amides is 1. The van der Waals surface area contributed by atoms with Crippen LogP contribution in [0.25, 0.3) is 0 Å². The fourth-order valence-corrected chi connectivity index (χ4v) is 4.92. The zero-order valence-electron chi connectivity index (χ0n) is 16.2. The van der Waals surface area contributed by atoms with Crippen LogP contribution in [-0.2, 0) is 11.3 Å². The fraction of sp³-hybridized carbons (Fsp3) is 0.737. The van der Waals surface area contributed by atoms with Crippen molar-refractivity contribution in [1.29, 1.82) is 0 Å². The highest BCUT2D eigenvalue weighted by Gasteiger charge is 2.56. The number of carbonyl (C=O) groups excluding carboxylic acids is 1. The minimum Gasteiger partial charge on any atom is -0.379 e. The lowest BCUT2D eigenvalue weighted by Crippen LogP contribution is -2.58. The second kappa shape index (κ2) is 6.87. The van der Waals surface area contributed by atoms with Gasteiger partial charge in [0.2, 0.25) is 5.91 Å². The van der Waals surface area contributed by atoms with Crippen LogP contribution < -0.4 is 16.2 Å². The van der Waals surface area contributed by atoms with Gasteiger partial charge in [-0.05, 0) is 49.9 Å². The first-order valence-electron chi connectivity index (χ1n) is 9.42. The van der Waals surface area contributed by atoms with Crippen molar-refractivity contribution < 1.29 is 4.79 Å². The smallest absolute Gasteiger partial charge is 0.288 e. The second-order valence-corrected chi connectivity index (χ2v) is 9.14. The average molecular weight is 381 g/mol. The van der Waals surface area contributed by atoms with E-state index < -0.39 is 5.56 Å². The molecule has 3 aliphatic rings. The Balaban J connectivity index is 1.71. The highest BCUT2D eigenvalue weighted by molar-refractivity contribution is 6.32. The van der Waals surface area contributed by atoms with Gasteiger partial charge >= 0.3 is 0 Å². The molecule has 1 heterocycles. The summed E-state index contributed by atoms with van der Waals surface area (Å²) in [4.78, 5) is 24.3. The lowest BCUT2D eigenvalue weighted by molar-refractivity contribution is -0.122. The van der Waals surface area contributed by atoms with Gasteiger partial charge < -0.3 is 10.6 Å². The average Bonchev–Trinajstić information content (AvgIpc) is 2.54. The normalized spacial score (nSPS) is 29.2. The maximum absolute atomic E-state index is 12.5. The van der Waals surface area contributed by atoms with Crippen molar-refractivity contribution in [2.75, 3.05) is 5.32 Å². The van der Waals surface area contributed by atoms with Crippen LogP contribution in [0.4, 0.5) is 5.69 Å². The summed E-state index contributed by atoms with van der Waals surface area (Å²) < 4.78 is 1.11. The van der Waals surface area contributed by atoms with Gasteiger partial charge in [-0.15, -0.1) is 0 Å². The number of rotatable bonds is 5. The molecule has 1 amide bonds. The Hall–Kier alpha value is -1.56. The Bertz CT molecular complexity index is 758. The van der Waals surface area contributed by atoms with Crippen LogP contribution in [0.15, 0.2) is 11.0 Å². The van der Waals surface area contributed by atoms with Crippen LogP contribution in [0, 0.1) is 23.2 Å². The van der Waals surface area contributed by atoms with Crippen molar-refractivity contribution in [3.05, 3.63) is 21.6 Å². The fourth-order valence-electron chi connectivity index (χ4n) is 4.72. The molecule has 0 aliphatic heterocycles. The number of hydrogen-bond acceptors (Lipinski definition) is 4. The van der Waals surface area contributed by atoms with Gasteiger partial charge in [0.25, 0.3) is 5.56 Å². The van der Waals surface area contributed by atoms with Crippen molar-refractivity contribution in [3.63, 3.8) is 0 Å². The summed E-state index contributed by atoms with van der Waals surface area (Å²) in [6.07, 6.45) is 3.94. The molecule has 2 bridgehead atoms. The monoisotopic (exact) mass is 380 g/mol. The standard InChI is InChI=1S/C19H29ClN4O2/c1-10(2)22-16(25)9-24-18(26)17(20)15(8-21-24)23-14-7-12-6-13(11(14)3)19(12,4)5/h8,10-14,23H,6-7,9H2,1-5H3,(H,22,25)/t11-,12-,13+,14-/m1/s1. The Kier molecular flexibility index (Phi) is 5.08. The largest absolute Gasteiger partial charge is 0.379 e. The molecule has 144 valence electrons. The van der Waals surface area contributed by atoms with Crippen LogP contribution in [0.1, 0.15) is 47.5 Å². The van der Waals surface area contributed by atoms with Crippen LogP contribution >= 0.6 is 11.6 Å². The van der Waals surface area contributed by atoms with Gasteiger partial charge in [0.15, 0.2) is 0 Å². The number of aromatic nitrogens is 2. The van der Waals surface area contributed by atoms with E-state index in [-0.39, 0.29) is 23.5 Å². The van der Waals surface area contributed by atoms with Gasteiger partial charge in [0, 0.05) is 12.1 Å². The molecule has 4 rings (SSSR count). The van der Waals surface area contributed by atoms with Gasteiger partial charge in [0.1, 0.15) is 11.6 Å². The SMILES string of the molecule is CC(C)NC(=O)Cn1ncc(N[C@@H]2C[C@H]3C[C@@H]([C@H]2C)C3(C)C)c(Cl)c1=O. The molecule has 3 aliphatic carbocycles. The third-order valence-corrected chi connectivity index (χ3v) is 6.79. The van der Waals surface area contributed by atoms with E-state index in [9.17, 15) is 9.59 Å². The zero-order chi connectivity index (χ0) is 19.2. The molecule has 1 aromatic rings. The molecule has 7 heteroatoms. The Morgan fingerprint density at radius 3 is 2.69 bits per heavy atom. The van der Waals surface area contributed by atoms with E-state index in [1.807, 2.05) is 13.8 Å². The van der Waals surface area contributed by atoms with Crippen molar-refractivity contribution in [2.45, 2.75) is 66.1 Å². The maximum Gasteiger partial charge on any atom is 0.288 e. The van der Waals surface area contributed by atoms with Crippen molar-refractivity contribution in [1.82, 2.24) is 15.1 Å². The van der Waals surface area contributed by atoms with E-state index in [1.54, 1.807) is 6.20 Å². The summed E-state index contributed by atoms with van der Waals surface area (Å²) in [5.74, 6) is 1.68. The van der Waals surface area contributed by atoms with E-state index in [0.717, 1.165) is 11.1 Å². The Morgan fingerprint density at radius 2 is 2.12 bits per heavy atom. The molecule has 6 nitrogen and oxygen atoms in total. The van der Waals surface area contributed by atoms with E-state index in [1.165, 1.54) is 6.42 Å². The number of anilines is 1. The molecule has 0 saturated heterocycles. The summed E-state index contributed by atoms with van der Waals surface area (Å²) in [6, 6.07) is 0.309. The molecule has 0 unspecified atom stereocenters. The first-order valence-corrected chi connectivity index (χ1v) is 9.80. The quantitative estimate of drug-likeness (QED) is 0.823. The third-order valence-electron chi connectivity index (χ3n) is 6.42. The van der Waals surface area contributed by atoms with Gasteiger partial charge in [-0.1, -0.05) is 32.4 Å². The number of halogens is 1. The predicted octanol–water partition coefficient (Wildman–Crippen LogP) is 2.90. The van der Waals surface area contributed by atoms with Crippen LogP contribution in [0.5, 0.6) is 0 Å². The number of nitrogens with zero attached hydrogens (tertiary/aromatic N) is 2. The molecule has 3 saturated carbocycles. The predicted molar refractivity (Wildman–Crippen MR) is 103 cm³/mol. The van der Waals surface area contributed by atoms with E-state index in [4.69, 9.17) is 11.6 Å². The summed E-state index contributed by atoms with van der Waals surface area (Å²) in [5, 5.41) is 10.4. The van der Waals surface area contributed by atoms with E-state index in [0.29, 0.717) is 34.9 Å². The highest BCUT2D eigenvalue weighted by atomic mass is 35.5. The minimum absolute atomic E-state index is 0.0121. The Morgan fingerprint density at radius 1 is 1.42 bits per heavy atom. The summed E-state index contributed by atoms with van der Waals surface area (Å²) >= 11 is 6.29. The molecular weight excluding hydrogens is 352 g/mol. The number of carbonyl (C=O) groups is 1. The van der Waals surface area contributed by atoms with Gasteiger partial charge in [0.05, 0.1) is 11.9 Å². The van der Waals surface area contributed by atoms with Gasteiger partial charge in [-0.3, -0.25) is 9.59 Å². The van der Waals surface area contributed by atoms with Crippen molar-refractivity contribution in [2.24, 2.45) is 23.2 Å². The third kappa shape index (κ3) is 3.36. The first-order chi connectivity index (χ1) is 12.1. The topological polar surface area (TPSA) is 76.0 Å². The van der Waals surface area contributed by atoms with Crippen LogP contribution in [-0.4, -0.2) is 27.8 Å². The van der Waals surface area contributed by atoms with E-state index >= 15 is 0 Å². The number of nitrogens with one attached hydrogen (secondary N) is 2. The molecule has 0 spiro atoms. The number of fused-ring (bicyclic) bond motifs is 2. The lowest BCUT2D eigenvalue weighted by Gasteiger charge is -2.62. The highest BCUT2D eigenvalue weighted by Crippen LogP contribution is 2.61. The van der Waals surface area contributed by atoms with Crippen LogP contribution in [0.2, 0.25) is 5.02 Å². The molecular formula is C19H29ClN4O2. The zero-order valence-corrected chi connectivity index (χ0v) is 16.9. The summed E-state index contributed by atoms with van der Waals surface area (Å²) in [7, 11) is 0. The first kappa shape index (κ1) is 19.2. The number of hydrogen-bond donors (Lipinski definition) is 2. The van der Waals surface area contributed by atoms with Crippen molar-refractivity contribution in [3.8, 4) is 0 Å². The lowest BCUT2D eigenvalue weighted by atomic mass is 9.45. The molecule has 26 heavy (non-hydrogen) atoms. The van der Waals surface area contributed by atoms with Crippen LogP contribution in [0.3, 0.4) is 0 Å². The summed E-state index contributed by atoms with van der Waals surface area (Å²) in [5.41, 5.74) is 0.532. The molecule has 2 N–H and O–H groups in total. The maximum atomic E-state index is 12.5. The molecule has 3 fully saturated rings. The van der Waals surface area contributed by atoms with Gasteiger partial charge in [-0.25, -0.2) is 4.68 Å². The summed E-state index contributed by atoms with van der Waals surface area (Å²) in [6.45, 7) is 10.6. The molecule has 0 aromatic carbocycles. The molecule has 0 radical (unpaired) electrons. The molecule has 4 atom stereocenters. The van der Waals surface area contributed by atoms with E-state index in [2.05, 4.69) is 36.5 Å². The minimum atomic E-state index is -0.440. The molecule has 1 aromatic heterocycles. The second-order valence-electron chi connectivity index (χ2n) is 8.76.